The summed E-state index contributed by atoms with van der Waals surface area (Å²) in [6.45, 7) is 12.4. The Balaban J connectivity index is 2.41. The number of rotatable bonds is 11. The minimum Gasteiger partial charge on any atom is -0.383 e. The van der Waals surface area contributed by atoms with Gasteiger partial charge in [-0.1, -0.05) is 20.8 Å². The predicted molar refractivity (Wildman–Crippen MR) is 78.0 cm³/mol. The van der Waals surface area contributed by atoms with Crippen LogP contribution in [0.2, 0.25) is 0 Å². The quantitative estimate of drug-likeness (QED) is 0.575. The van der Waals surface area contributed by atoms with Gasteiger partial charge in [0, 0.05) is 32.8 Å². The maximum atomic E-state index is 5.24. The first-order valence-electron chi connectivity index (χ1n) is 7.59. The molecule has 0 aromatic rings. The normalized spacial score (nSPS) is 19.2. The van der Waals surface area contributed by atoms with Gasteiger partial charge in [0.05, 0.1) is 6.61 Å². The van der Waals surface area contributed by atoms with Crippen molar-refractivity contribution in [1.82, 2.24) is 10.2 Å². The van der Waals surface area contributed by atoms with Gasteiger partial charge in [-0.3, -0.25) is 4.90 Å². The summed E-state index contributed by atoms with van der Waals surface area (Å²) in [7, 11) is 1.80. The highest BCUT2D eigenvalue weighted by Gasteiger charge is 2.33. The Kier molecular flexibility index (Phi) is 7.20. The lowest BCUT2D eigenvalue weighted by Crippen LogP contribution is -2.44. The number of nitrogens with one attached hydrogen (secondary N) is 1. The van der Waals surface area contributed by atoms with Crippen LogP contribution in [0.25, 0.3) is 0 Å². The fourth-order valence-corrected chi connectivity index (χ4v) is 2.39. The van der Waals surface area contributed by atoms with Gasteiger partial charge in [-0.2, -0.15) is 0 Å². The molecule has 1 rings (SSSR count). The molecule has 3 heteroatoms. The summed E-state index contributed by atoms with van der Waals surface area (Å²) in [5.41, 5.74) is 0.394. The van der Waals surface area contributed by atoms with Gasteiger partial charge in [0.15, 0.2) is 0 Å². The van der Waals surface area contributed by atoms with E-state index in [2.05, 4.69) is 31.0 Å². The molecule has 1 fully saturated rings. The van der Waals surface area contributed by atoms with Crippen LogP contribution in [0.1, 0.15) is 46.5 Å². The van der Waals surface area contributed by atoms with Crippen molar-refractivity contribution in [3.8, 4) is 0 Å². The second-order valence-corrected chi connectivity index (χ2v) is 6.04. The Morgan fingerprint density at radius 3 is 2.56 bits per heavy atom. The molecule has 1 saturated carbocycles. The summed E-state index contributed by atoms with van der Waals surface area (Å²) in [6.07, 6.45) is 5.22. The van der Waals surface area contributed by atoms with Gasteiger partial charge >= 0.3 is 0 Å². The molecule has 0 amide bonds. The van der Waals surface area contributed by atoms with Crippen LogP contribution in [0, 0.1) is 5.41 Å². The van der Waals surface area contributed by atoms with E-state index in [1.165, 1.54) is 32.2 Å². The molecule has 108 valence electrons. The summed E-state index contributed by atoms with van der Waals surface area (Å²) in [6, 6.07) is 0.831. The average molecular weight is 256 g/mol. The molecule has 0 aromatic heterocycles. The largest absolute Gasteiger partial charge is 0.383 e. The molecular formula is C15H32N2O. The Morgan fingerprint density at radius 1 is 1.33 bits per heavy atom. The third-order valence-electron chi connectivity index (χ3n) is 4.06. The zero-order chi connectivity index (χ0) is 13.4. The second kappa shape index (κ2) is 8.13. The van der Waals surface area contributed by atoms with Crippen LogP contribution in [-0.2, 0) is 4.74 Å². The lowest BCUT2D eigenvalue weighted by Gasteiger charge is -2.35. The van der Waals surface area contributed by atoms with Crippen LogP contribution in [0.15, 0.2) is 0 Å². The number of ether oxygens (including phenoxy) is 1. The Morgan fingerprint density at radius 2 is 2.06 bits per heavy atom. The molecule has 1 aliphatic rings. The van der Waals surface area contributed by atoms with Crippen molar-refractivity contribution in [3.05, 3.63) is 0 Å². The summed E-state index contributed by atoms with van der Waals surface area (Å²) in [5.74, 6) is 0. The average Bonchev–Trinajstić information content (AvgIpc) is 3.19. The van der Waals surface area contributed by atoms with Crippen molar-refractivity contribution >= 4 is 0 Å². The van der Waals surface area contributed by atoms with E-state index in [0.29, 0.717) is 5.41 Å². The molecule has 1 unspecified atom stereocenters. The van der Waals surface area contributed by atoms with Crippen LogP contribution in [-0.4, -0.2) is 50.8 Å². The van der Waals surface area contributed by atoms with Gasteiger partial charge in [-0.15, -0.1) is 0 Å². The maximum Gasteiger partial charge on any atom is 0.0589 e. The summed E-state index contributed by atoms with van der Waals surface area (Å²) in [4.78, 5) is 2.64. The summed E-state index contributed by atoms with van der Waals surface area (Å²) in [5, 5.41) is 3.59. The van der Waals surface area contributed by atoms with E-state index in [1.807, 2.05) is 0 Å². The first-order chi connectivity index (χ1) is 8.65. The molecule has 0 saturated heterocycles. The molecule has 0 heterocycles. The van der Waals surface area contributed by atoms with Crippen LogP contribution in [0.3, 0.4) is 0 Å². The predicted octanol–water partition coefficient (Wildman–Crippen LogP) is 2.51. The van der Waals surface area contributed by atoms with Crippen molar-refractivity contribution in [2.45, 2.75) is 52.5 Å². The topological polar surface area (TPSA) is 24.5 Å². The number of hydrogen-bond donors (Lipinski definition) is 1. The summed E-state index contributed by atoms with van der Waals surface area (Å²) >= 11 is 0. The van der Waals surface area contributed by atoms with E-state index in [1.54, 1.807) is 7.11 Å². The molecule has 1 atom stereocenters. The lowest BCUT2D eigenvalue weighted by atomic mass is 9.86. The molecule has 0 spiro atoms. The first kappa shape index (κ1) is 15.9. The van der Waals surface area contributed by atoms with Crippen LogP contribution >= 0.6 is 0 Å². The van der Waals surface area contributed by atoms with Crippen LogP contribution in [0.5, 0.6) is 0 Å². The van der Waals surface area contributed by atoms with Crippen LogP contribution < -0.4 is 5.32 Å². The Labute approximate surface area is 113 Å². The Bertz CT molecular complexity index is 219. The molecule has 0 bridgehead atoms. The lowest BCUT2D eigenvalue weighted by molar-refractivity contribution is 0.103. The van der Waals surface area contributed by atoms with E-state index < -0.39 is 0 Å². The van der Waals surface area contributed by atoms with Gasteiger partial charge in [-0.05, 0) is 37.6 Å². The SMILES string of the molecule is CCCNCC(C)(CC)CN(CCOC)C1CC1. The van der Waals surface area contributed by atoms with E-state index in [9.17, 15) is 0 Å². The highest BCUT2D eigenvalue weighted by Crippen LogP contribution is 2.31. The number of methoxy groups -OCH3 is 1. The van der Waals surface area contributed by atoms with Crippen LogP contribution in [0.4, 0.5) is 0 Å². The third-order valence-corrected chi connectivity index (χ3v) is 4.06. The summed E-state index contributed by atoms with van der Waals surface area (Å²) < 4.78 is 5.24. The molecule has 1 N–H and O–H groups in total. The molecule has 3 nitrogen and oxygen atoms in total. The molecule has 18 heavy (non-hydrogen) atoms. The third kappa shape index (κ3) is 5.68. The van der Waals surface area contributed by atoms with E-state index in [0.717, 1.165) is 32.3 Å². The minimum atomic E-state index is 0.394. The van der Waals surface area contributed by atoms with Crippen molar-refractivity contribution in [2.24, 2.45) is 5.41 Å². The Hall–Kier alpha value is -0.120. The zero-order valence-corrected chi connectivity index (χ0v) is 12.8. The molecule has 1 aliphatic carbocycles. The highest BCUT2D eigenvalue weighted by molar-refractivity contribution is 4.89. The van der Waals surface area contributed by atoms with Gasteiger partial charge in [0.1, 0.15) is 0 Å². The molecule has 0 aromatic carbocycles. The van der Waals surface area contributed by atoms with Crippen molar-refractivity contribution in [1.29, 1.82) is 0 Å². The minimum absolute atomic E-state index is 0.394. The van der Waals surface area contributed by atoms with Gasteiger partial charge in [0.25, 0.3) is 0 Å². The van der Waals surface area contributed by atoms with Crippen molar-refractivity contribution < 1.29 is 4.74 Å². The maximum absolute atomic E-state index is 5.24. The van der Waals surface area contributed by atoms with Gasteiger partial charge in [-0.25, -0.2) is 0 Å². The molecule has 0 aliphatic heterocycles. The zero-order valence-electron chi connectivity index (χ0n) is 12.8. The van der Waals surface area contributed by atoms with E-state index >= 15 is 0 Å². The smallest absolute Gasteiger partial charge is 0.0589 e. The second-order valence-electron chi connectivity index (χ2n) is 6.04. The first-order valence-corrected chi connectivity index (χ1v) is 7.59. The fraction of sp³-hybridized carbons (Fsp3) is 1.00. The highest BCUT2D eigenvalue weighted by atomic mass is 16.5. The number of hydrogen-bond acceptors (Lipinski definition) is 3. The molecule has 0 radical (unpaired) electrons. The fourth-order valence-electron chi connectivity index (χ4n) is 2.39. The van der Waals surface area contributed by atoms with Crippen molar-refractivity contribution in [2.75, 3.05) is 39.9 Å². The van der Waals surface area contributed by atoms with Gasteiger partial charge < -0.3 is 10.1 Å². The van der Waals surface area contributed by atoms with E-state index in [4.69, 9.17) is 4.74 Å². The van der Waals surface area contributed by atoms with Crippen molar-refractivity contribution in [3.63, 3.8) is 0 Å². The van der Waals surface area contributed by atoms with Gasteiger partial charge in [0.2, 0.25) is 0 Å². The standard InChI is InChI=1S/C15H32N2O/c1-5-9-16-12-15(3,6-2)13-17(10-11-18-4)14-7-8-14/h14,16H,5-13H2,1-4H3. The molecular weight excluding hydrogens is 224 g/mol. The monoisotopic (exact) mass is 256 g/mol. The number of nitrogens with zero attached hydrogens (tertiary/aromatic N) is 1. The van der Waals surface area contributed by atoms with E-state index in [-0.39, 0.29) is 0 Å².